The lowest BCUT2D eigenvalue weighted by atomic mass is 9.87. The molecule has 20 heavy (non-hydrogen) atoms. The van der Waals surface area contributed by atoms with E-state index in [1.165, 1.54) is 12.5 Å². The number of carbonyl (C=O) groups excluding carboxylic acids is 2. The van der Waals surface area contributed by atoms with Crippen LogP contribution in [0.25, 0.3) is 0 Å². The normalized spacial score (nSPS) is 10.8. The van der Waals surface area contributed by atoms with Crippen molar-refractivity contribution in [3.05, 3.63) is 29.8 Å². The predicted molar refractivity (Wildman–Crippen MR) is 77.2 cm³/mol. The van der Waals surface area contributed by atoms with Crippen LogP contribution in [-0.2, 0) is 15.0 Å². The summed E-state index contributed by atoms with van der Waals surface area (Å²) in [7, 11) is 0. The van der Waals surface area contributed by atoms with Gasteiger partial charge >= 0.3 is 0 Å². The van der Waals surface area contributed by atoms with Crippen molar-refractivity contribution in [3.63, 3.8) is 0 Å². The molecule has 0 fully saturated rings. The molecule has 0 unspecified atom stereocenters. The average molecular weight is 278 g/mol. The molecule has 0 aliphatic heterocycles. The molecular formula is C15H22N2O3. The fourth-order valence-corrected chi connectivity index (χ4v) is 1.53. The molecular weight excluding hydrogens is 256 g/mol. The monoisotopic (exact) mass is 278 g/mol. The zero-order chi connectivity index (χ0) is 15.2. The van der Waals surface area contributed by atoms with E-state index in [1.807, 2.05) is 24.3 Å². The van der Waals surface area contributed by atoms with Crippen molar-refractivity contribution in [2.45, 2.75) is 39.5 Å². The molecule has 0 spiro atoms. The van der Waals surface area contributed by atoms with Gasteiger partial charge in [0.2, 0.25) is 11.8 Å². The number of benzene rings is 1. The van der Waals surface area contributed by atoms with Crippen molar-refractivity contribution in [2.24, 2.45) is 0 Å². The minimum absolute atomic E-state index is 0.108. The van der Waals surface area contributed by atoms with E-state index in [4.69, 9.17) is 4.74 Å². The Morgan fingerprint density at radius 1 is 1.10 bits per heavy atom. The largest absolute Gasteiger partial charge is 0.493 e. The molecule has 0 aliphatic carbocycles. The van der Waals surface area contributed by atoms with Crippen molar-refractivity contribution < 1.29 is 14.3 Å². The van der Waals surface area contributed by atoms with Crippen LogP contribution in [0.2, 0.25) is 0 Å². The highest BCUT2D eigenvalue weighted by Gasteiger charge is 2.13. The van der Waals surface area contributed by atoms with Gasteiger partial charge in [0.15, 0.2) is 0 Å². The van der Waals surface area contributed by atoms with E-state index in [0.717, 1.165) is 5.75 Å². The third-order valence-electron chi connectivity index (χ3n) is 2.70. The van der Waals surface area contributed by atoms with E-state index >= 15 is 0 Å². The highest BCUT2D eigenvalue weighted by molar-refractivity contribution is 5.80. The maximum absolute atomic E-state index is 11.3. The van der Waals surface area contributed by atoms with Gasteiger partial charge in [0.05, 0.1) is 13.0 Å². The number of hydrogen-bond acceptors (Lipinski definition) is 3. The highest BCUT2D eigenvalue weighted by Crippen LogP contribution is 2.24. The lowest BCUT2D eigenvalue weighted by Gasteiger charge is -2.19. The molecule has 0 aliphatic rings. The summed E-state index contributed by atoms with van der Waals surface area (Å²) in [5, 5.41) is 0. The van der Waals surface area contributed by atoms with Gasteiger partial charge in [0.1, 0.15) is 5.75 Å². The Morgan fingerprint density at radius 2 is 1.70 bits per heavy atom. The van der Waals surface area contributed by atoms with Gasteiger partial charge in [-0.15, -0.1) is 0 Å². The van der Waals surface area contributed by atoms with Gasteiger partial charge in [-0.2, -0.15) is 0 Å². The average Bonchev–Trinajstić information content (AvgIpc) is 2.36. The Balaban J connectivity index is 2.36. The Kier molecular flexibility index (Phi) is 5.55. The smallest absolute Gasteiger partial charge is 0.241 e. The van der Waals surface area contributed by atoms with Gasteiger partial charge in [-0.1, -0.05) is 32.9 Å². The summed E-state index contributed by atoms with van der Waals surface area (Å²) < 4.78 is 5.48. The molecule has 0 radical (unpaired) electrons. The molecule has 0 saturated heterocycles. The Bertz CT molecular complexity index is 461. The van der Waals surface area contributed by atoms with Crippen LogP contribution in [0.1, 0.15) is 39.7 Å². The van der Waals surface area contributed by atoms with Crippen molar-refractivity contribution in [2.75, 3.05) is 6.61 Å². The molecule has 2 N–H and O–H groups in total. The van der Waals surface area contributed by atoms with Gasteiger partial charge in [-0.3, -0.25) is 20.4 Å². The quantitative estimate of drug-likeness (QED) is 0.827. The van der Waals surface area contributed by atoms with Crippen LogP contribution in [0.4, 0.5) is 0 Å². The fourth-order valence-electron chi connectivity index (χ4n) is 1.53. The SMILES string of the molecule is CC(=O)NNC(=O)CCOc1ccc(C(C)(C)C)cc1. The van der Waals surface area contributed by atoms with Crippen LogP contribution in [0.15, 0.2) is 24.3 Å². The maximum Gasteiger partial charge on any atom is 0.241 e. The first-order valence-corrected chi connectivity index (χ1v) is 6.58. The molecule has 2 amide bonds. The molecule has 1 rings (SSSR count). The van der Waals surface area contributed by atoms with Crippen LogP contribution < -0.4 is 15.6 Å². The molecule has 0 atom stereocenters. The van der Waals surface area contributed by atoms with E-state index in [-0.39, 0.29) is 30.3 Å². The number of hydrazine groups is 1. The summed E-state index contributed by atoms with van der Waals surface area (Å²) in [4.78, 5) is 21.9. The third-order valence-corrected chi connectivity index (χ3v) is 2.70. The molecule has 0 saturated carbocycles. The molecule has 110 valence electrons. The second kappa shape index (κ2) is 6.93. The van der Waals surface area contributed by atoms with Gasteiger partial charge in [0.25, 0.3) is 0 Å². The van der Waals surface area contributed by atoms with Crippen molar-refractivity contribution in [1.29, 1.82) is 0 Å². The Hall–Kier alpha value is -2.04. The second-order valence-electron chi connectivity index (χ2n) is 5.60. The summed E-state index contributed by atoms with van der Waals surface area (Å²) >= 11 is 0. The summed E-state index contributed by atoms with van der Waals surface area (Å²) in [6, 6.07) is 7.83. The van der Waals surface area contributed by atoms with Gasteiger partial charge in [0, 0.05) is 6.92 Å². The number of carbonyl (C=O) groups is 2. The first-order chi connectivity index (χ1) is 9.29. The van der Waals surface area contributed by atoms with E-state index in [1.54, 1.807) is 0 Å². The van der Waals surface area contributed by atoms with Crippen LogP contribution in [0, 0.1) is 0 Å². The number of hydrogen-bond donors (Lipinski definition) is 2. The van der Waals surface area contributed by atoms with Gasteiger partial charge in [-0.25, -0.2) is 0 Å². The lowest BCUT2D eigenvalue weighted by molar-refractivity contribution is -0.128. The summed E-state index contributed by atoms with van der Waals surface area (Å²) in [5.41, 5.74) is 5.84. The third kappa shape index (κ3) is 5.73. The molecule has 5 heteroatoms. The van der Waals surface area contributed by atoms with Gasteiger partial charge < -0.3 is 4.74 Å². The number of ether oxygens (including phenoxy) is 1. The molecule has 0 bridgehead atoms. The molecule has 1 aromatic rings. The van der Waals surface area contributed by atoms with E-state index in [9.17, 15) is 9.59 Å². The Morgan fingerprint density at radius 3 is 2.20 bits per heavy atom. The van der Waals surface area contributed by atoms with E-state index in [2.05, 4.69) is 31.6 Å². The second-order valence-corrected chi connectivity index (χ2v) is 5.60. The van der Waals surface area contributed by atoms with E-state index in [0.29, 0.717) is 0 Å². The molecule has 5 nitrogen and oxygen atoms in total. The van der Waals surface area contributed by atoms with Crippen molar-refractivity contribution in [1.82, 2.24) is 10.9 Å². The minimum Gasteiger partial charge on any atom is -0.493 e. The van der Waals surface area contributed by atoms with Gasteiger partial charge in [-0.05, 0) is 23.1 Å². The van der Waals surface area contributed by atoms with Crippen LogP contribution in [0.3, 0.4) is 0 Å². The summed E-state index contributed by atoms with van der Waals surface area (Å²) in [6.45, 7) is 8.04. The fraction of sp³-hybridized carbons (Fsp3) is 0.467. The zero-order valence-corrected chi connectivity index (χ0v) is 12.4. The first-order valence-electron chi connectivity index (χ1n) is 6.58. The number of rotatable bonds is 4. The molecule has 1 aromatic carbocycles. The van der Waals surface area contributed by atoms with Crippen LogP contribution in [0.5, 0.6) is 5.75 Å². The standard InChI is InChI=1S/C15H22N2O3/c1-11(18)16-17-14(19)9-10-20-13-7-5-12(6-8-13)15(2,3)4/h5-8H,9-10H2,1-4H3,(H,16,18)(H,17,19). The van der Waals surface area contributed by atoms with Crippen LogP contribution >= 0.6 is 0 Å². The number of nitrogens with one attached hydrogen (secondary N) is 2. The minimum atomic E-state index is -0.308. The number of amides is 2. The lowest BCUT2D eigenvalue weighted by Crippen LogP contribution is -2.40. The maximum atomic E-state index is 11.3. The Labute approximate surface area is 119 Å². The molecule has 0 heterocycles. The predicted octanol–water partition coefficient (Wildman–Crippen LogP) is 1.92. The molecule has 0 aromatic heterocycles. The van der Waals surface area contributed by atoms with Crippen molar-refractivity contribution in [3.8, 4) is 5.75 Å². The summed E-state index contributed by atoms with van der Waals surface area (Å²) in [6.07, 6.45) is 0.182. The van der Waals surface area contributed by atoms with Crippen LogP contribution in [-0.4, -0.2) is 18.4 Å². The summed E-state index contributed by atoms with van der Waals surface area (Å²) in [5.74, 6) is 0.133. The van der Waals surface area contributed by atoms with E-state index < -0.39 is 0 Å². The first kappa shape index (κ1) is 16.0. The highest BCUT2D eigenvalue weighted by atomic mass is 16.5. The van der Waals surface area contributed by atoms with Crippen molar-refractivity contribution >= 4 is 11.8 Å². The zero-order valence-electron chi connectivity index (χ0n) is 12.4. The topological polar surface area (TPSA) is 67.4 Å².